The number of nitrogens with two attached hydrogens (primary N) is 1. The van der Waals surface area contributed by atoms with Gasteiger partial charge in [0.1, 0.15) is 24.1 Å². The first kappa shape index (κ1) is 31.1. The molecule has 2 aliphatic heterocycles. The van der Waals surface area contributed by atoms with Gasteiger partial charge in [-0.3, -0.25) is 13.9 Å². The molecular weight excluding hydrogens is 621 g/mol. The van der Waals surface area contributed by atoms with Crippen LogP contribution in [0.3, 0.4) is 0 Å². The minimum absolute atomic E-state index is 0. The van der Waals surface area contributed by atoms with E-state index >= 15 is 0 Å². The summed E-state index contributed by atoms with van der Waals surface area (Å²) in [5.74, 6) is 0.185. The van der Waals surface area contributed by atoms with Crippen LogP contribution in [0.5, 0.6) is 0 Å². The number of aromatic nitrogens is 3. The van der Waals surface area contributed by atoms with Crippen LogP contribution in [0.25, 0.3) is 11.0 Å². The number of nitrogens with one attached hydrogen (secondary N) is 1. The number of nitrogens with zero attached hydrogens (tertiary/aromatic N) is 3. The molecule has 15 nitrogen and oxygen atoms in total. The van der Waals surface area contributed by atoms with Crippen LogP contribution in [-0.2, 0) is 60.6 Å². The number of fused-ring (bicyclic) bond motifs is 2. The largest absolute Gasteiger partial charge is 0.385 e. The molecule has 5 rings (SSSR count). The third-order valence-electron chi connectivity index (χ3n) is 5.77. The second-order valence-electron chi connectivity index (χ2n) is 8.38. The second kappa shape index (κ2) is 13.3. The van der Waals surface area contributed by atoms with E-state index in [2.05, 4.69) is 9.97 Å². The monoisotopic (exact) mass is 648 g/mol. The molecule has 2 aromatic heterocycles. The van der Waals surface area contributed by atoms with Crippen molar-refractivity contribution in [3.05, 3.63) is 52.6 Å². The molecule has 0 amide bonds. The number of anilines is 2. The van der Waals surface area contributed by atoms with E-state index in [4.69, 9.17) is 43.7 Å². The Morgan fingerprint density at radius 1 is 1.13 bits per heavy atom. The first-order valence-corrected chi connectivity index (χ1v) is 13.5. The molecule has 0 spiro atoms. The third-order valence-corrected chi connectivity index (χ3v) is 6.18. The molecule has 3 aromatic rings. The van der Waals surface area contributed by atoms with E-state index in [1.54, 1.807) is 10.6 Å². The summed E-state index contributed by atoms with van der Waals surface area (Å²) in [6.45, 7) is -0.156. The van der Waals surface area contributed by atoms with Gasteiger partial charge >= 0.3 is 16.5 Å². The van der Waals surface area contributed by atoms with Crippen molar-refractivity contribution in [2.45, 2.75) is 30.8 Å². The molecule has 38 heavy (non-hydrogen) atoms. The van der Waals surface area contributed by atoms with Gasteiger partial charge in [-0.1, -0.05) is 12.1 Å². The Labute approximate surface area is 242 Å². The Morgan fingerprint density at radius 2 is 1.76 bits per heavy atom. The molecule has 0 aliphatic carbocycles. The van der Waals surface area contributed by atoms with E-state index in [1.165, 1.54) is 6.33 Å². The minimum Gasteiger partial charge on any atom is -0.385 e. The molecule has 205 valence electrons. The number of aromatic amines is 1. The molecule has 2 aliphatic rings. The normalized spacial score (nSPS) is 24.9. The second-order valence-corrected chi connectivity index (χ2v) is 9.77. The molecule has 6 atom stereocenters. The quantitative estimate of drug-likeness (QED) is 0.231. The Kier molecular flexibility index (Phi) is 10.8. The molecule has 2 fully saturated rings. The number of benzene rings is 1. The average Bonchev–Trinajstić information content (AvgIpc) is 3.51. The van der Waals surface area contributed by atoms with Crippen molar-refractivity contribution < 1.29 is 75.3 Å². The van der Waals surface area contributed by atoms with E-state index in [0.29, 0.717) is 5.52 Å². The van der Waals surface area contributed by atoms with Gasteiger partial charge in [0.05, 0.1) is 18.5 Å². The Bertz CT molecular complexity index is 1350. The maximum atomic E-state index is 12.2. The van der Waals surface area contributed by atoms with Crippen LogP contribution in [0.1, 0.15) is 18.1 Å². The van der Waals surface area contributed by atoms with Gasteiger partial charge in [0.2, 0.25) is 0 Å². The number of rotatable bonds is 6. The first-order valence-electron chi connectivity index (χ1n) is 10.9. The van der Waals surface area contributed by atoms with Crippen LogP contribution in [0.2, 0.25) is 0 Å². The van der Waals surface area contributed by atoms with Gasteiger partial charge in [0, 0.05) is 64.1 Å². The van der Waals surface area contributed by atoms with Crippen LogP contribution in [-0.4, -0.2) is 68.2 Å². The molecular formula is C20H27N5O10P2Y. The van der Waals surface area contributed by atoms with Crippen LogP contribution >= 0.6 is 16.5 Å². The van der Waals surface area contributed by atoms with Crippen molar-refractivity contribution in [3.63, 3.8) is 0 Å². The predicted octanol–water partition coefficient (Wildman–Crippen LogP) is 0.510. The van der Waals surface area contributed by atoms with Gasteiger partial charge in [-0.2, -0.15) is 0 Å². The standard InChI is InChI=1S/C20H24N5O7P.H3O3P.Y/c1-24(2)11-5-3-10(4-6-11)20-31-16-13(8-29-33(27)28)30-19(17(16)32-20)25-9-22-15-12(25)7-14(21)23-18(15)26;1-4(2)3;/h3-7,9,13,16-17,19-20,33H,8H2,1-2H3,(H,27,28)(H3,21,23,26);4H,(H2,1,2,3);/t13-,16?,17?,19-,20?;;/m1../s1. The van der Waals surface area contributed by atoms with Crippen molar-refractivity contribution in [1.82, 2.24) is 14.5 Å². The molecule has 2 saturated heterocycles. The Hall–Kier alpha value is -1.48. The summed E-state index contributed by atoms with van der Waals surface area (Å²) in [5.41, 5.74) is 7.94. The van der Waals surface area contributed by atoms with Gasteiger partial charge in [-0.15, -0.1) is 0 Å². The smallest absolute Gasteiger partial charge is 0.316 e. The maximum absolute atomic E-state index is 12.2. The van der Waals surface area contributed by atoms with Gasteiger partial charge in [-0.05, 0) is 12.1 Å². The summed E-state index contributed by atoms with van der Waals surface area (Å²) in [6, 6.07) is 9.34. The van der Waals surface area contributed by atoms with Gasteiger partial charge in [0.25, 0.3) is 5.56 Å². The molecule has 0 saturated carbocycles. The fourth-order valence-electron chi connectivity index (χ4n) is 4.20. The molecule has 6 N–H and O–H groups in total. The van der Waals surface area contributed by atoms with Crippen LogP contribution < -0.4 is 16.2 Å². The third kappa shape index (κ3) is 6.99. The topological polar surface area (TPSA) is 212 Å². The van der Waals surface area contributed by atoms with E-state index in [9.17, 15) is 9.36 Å². The van der Waals surface area contributed by atoms with E-state index < -0.39 is 52.9 Å². The summed E-state index contributed by atoms with van der Waals surface area (Å²) in [4.78, 5) is 44.4. The number of hydrogen-bond acceptors (Lipinski definition) is 10. The summed E-state index contributed by atoms with van der Waals surface area (Å²) in [6.07, 6.45) is -1.75. The summed E-state index contributed by atoms with van der Waals surface area (Å²) >= 11 is 0. The van der Waals surface area contributed by atoms with Crippen molar-refractivity contribution in [2.75, 3.05) is 31.3 Å². The van der Waals surface area contributed by atoms with Gasteiger partial charge in [-0.25, -0.2) is 4.98 Å². The van der Waals surface area contributed by atoms with E-state index in [1.807, 2.05) is 43.3 Å². The maximum Gasteiger partial charge on any atom is 0.316 e. The van der Waals surface area contributed by atoms with Crippen molar-refractivity contribution in [1.29, 1.82) is 0 Å². The molecule has 18 heteroatoms. The Morgan fingerprint density at radius 3 is 2.37 bits per heavy atom. The number of imidazole rings is 1. The van der Waals surface area contributed by atoms with Crippen LogP contribution in [0.15, 0.2) is 41.5 Å². The van der Waals surface area contributed by atoms with Crippen molar-refractivity contribution in [3.8, 4) is 0 Å². The number of hydrogen-bond donors (Lipinski definition) is 5. The first-order chi connectivity index (χ1) is 17.5. The fourth-order valence-corrected chi connectivity index (χ4v) is 4.50. The molecule has 1 radical (unpaired) electrons. The number of pyridine rings is 1. The predicted molar refractivity (Wildman–Crippen MR) is 133 cm³/mol. The van der Waals surface area contributed by atoms with E-state index in [0.717, 1.165) is 11.3 Å². The molecule has 0 bridgehead atoms. The number of ether oxygens (including phenoxy) is 3. The van der Waals surface area contributed by atoms with Crippen LogP contribution in [0, 0.1) is 0 Å². The average molecular weight is 648 g/mol. The minimum atomic E-state index is -3.16. The zero-order valence-corrected chi connectivity index (χ0v) is 25.1. The zero-order valence-electron chi connectivity index (χ0n) is 20.3. The number of H-pyrrole nitrogens is 1. The summed E-state index contributed by atoms with van der Waals surface area (Å²) in [7, 11) is -2.38. The number of nitrogen functional groups attached to an aromatic ring is 1. The van der Waals surface area contributed by atoms with Gasteiger partial charge < -0.3 is 53.6 Å². The van der Waals surface area contributed by atoms with Crippen LogP contribution in [0.4, 0.5) is 11.5 Å². The Balaban J connectivity index is 0.000000749. The molecule has 4 heterocycles. The van der Waals surface area contributed by atoms with E-state index in [-0.39, 0.29) is 50.7 Å². The molecule has 4 unspecified atom stereocenters. The fraction of sp³-hybridized carbons (Fsp3) is 0.400. The van der Waals surface area contributed by atoms with Gasteiger partial charge in [0.15, 0.2) is 18.0 Å². The SMILES string of the molecule is CN(C)c1ccc(C2OC3C(O2)[C@@H](CO[PH](=O)O)O[C@H]3n2cnc3c(=O)[nH]c(N)cc32)cc1.O=[PH](O)O.[Y]. The zero-order chi connectivity index (χ0) is 26.9. The van der Waals surface area contributed by atoms with Crippen molar-refractivity contribution in [2.24, 2.45) is 0 Å². The molecule has 1 aromatic carbocycles. The summed E-state index contributed by atoms with van der Waals surface area (Å²) < 4.78 is 45.0. The van der Waals surface area contributed by atoms with Crippen molar-refractivity contribution >= 4 is 39.0 Å². The summed E-state index contributed by atoms with van der Waals surface area (Å²) in [5, 5.41) is 0.